The van der Waals surface area contributed by atoms with Crippen LogP contribution in [0.1, 0.15) is 46.8 Å². The normalized spacial score (nSPS) is 17.1. The number of carbonyl (C=O) groups is 1. The van der Waals surface area contributed by atoms with Gasteiger partial charge >= 0.3 is 0 Å². The molecule has 0 atom stereocenters. The summed E-state index contributed by atoms with van der Waals surface area (Å²) in [5.41, 5.74) is 3.03. The smallest absolute Gasteiger partial charge is 0.269 e. The second-order valence-electron chi connectivity index (χ2n) is 10.1. The Bertz CT molecular complexity index is 1540. The highest BCUT2D eigenvalue weighted by Crippen LogP contribution is 2.30. The van der Waals surface area contributed by atoms with Crippen LogP contribution in [0, 0.1) is 6.92 Å². The summed E-state index contributed by atoms with van der Waals surface area (Å²) >= 11 is 1.47. The highest BCUT2D eigenvalue weighted by molar-refractivity contribution is 7.12. The molecular formula is C31H32N6O2S. The molecule has 5 aromatic rings. The molecule has 0 radical (unpaired) electrons. The van der Waals surface area contributed by atoms with Gasteiger partial charge in [0.2, 0.25) is 11.8 Å². The van der Waals surface area contributed by atoms with E-state index in [1.54, 1.807) is 11.6 Å². The van der Waals surface area contributed by atoms with Gasteiger partial charge in [-0.15, -0.1) is 26.6 Å². The lowest BCUT2D eigenvalue weighted by atomic mass is 9.89. The zero-order chi connectivity index (χ0) is 27.3. The molecule has 40 heavy (non-hydrogen) atoms. The van der Waals surface area contributed by atoms with E-state index < -0.39 is 0 Å². The highest BCUT2D eigenvalue weighted by Gasteiger charge is 2.32. The molecule has 9 heteroatoms. The molecule has 1 aliphatic carbocycles. The van der Waals surface area contributed by atoms with Crippen molar-refractivity contribution in [3.8, 4) is 17.1 Å². The third-order valence-electron chi connectivity index (χ3n) is 7.41. The molecular weight excluding hydrogens is 520 g/mol. The van der Waals surface area contributed by atoms with Gasteiger partial charge in [-0.1, -0.05) is 42.5 Å². The molecule has 1 fully saturated rings. The van der Waals surface area contributed by atoms with Crippen molar-refractivity contribution in [2.24, 2.45) is 0 Å². The highest BCUT2D eigenvalue weighted by atomic mass is 32.1. The molecule has 0 saturated heterocycles. The molecule has 1 N–H and O–H groups in total. The SMILES string of the molecule is Cc1nnc(-c2cccc(-n3ccc(N(C(=O)c4cccs4)C4CCC(NCCc5ccccc5)CC4)n3)c2)o1. The van der Waals surface area contributed by atoms with Crippen molar-refractivity contribution >= 4 is 23.1 Å². The lowest BCUT2D eigenvalue weighted by molar-refractivity contribution is 0.0971. The molecule has 0 unspecified atom stereocenters. The first-order chi connectivity index (χ1) is 19.6. The Kier molecular flexibility index (Phi) is 7.83. The van der Waals surface area contributed by atoms with Gasteiger partial charge in [0, 0.05) is 36.8 Å². The second kappa shape index (κ2) is 12.0. The maximum Gasteiger partial charge on any atom is 0.269 e. The van der Waals surface area contributed by atoms with Crippen molar-refractivity contribution in [2.45, 2.75) is 51.1 Å². The Hall–Kier alpha value is -4.08. The molecule has 2 aromatic carbocycles. The van der Waals surface area contributed by atoms with Crippen LogP contribution in [0.15, 0.2) is 88.8 Å². The number of nitrogens with one attached hydrogen (secondary N) is 1. The minimum atomic E-state index is 0.0100. The number of rotatable bonds is 9. The lowest BCUT2D eigenvalue weighted by Crippen LogP contribution is -2.45. The van der Waals surface area contributed by atoms with E-state index in [0.717, 1.165) is 54.8 Å². The van der Waals surface area contributed by atoms with Gasteiger partial charge in [-0.25, -0.2) is 4.68 Å². The number of carbonyl (C=O) groups excluding carboxylic acids is 1. The van der Waals surface area contributed by atoms with Gasteiger partial charge in [-0.05, 0) is 73.9 Å². The number of aryl methyl sites for hydroxylation is 1. The number of hydrogen-bond donors (Lipinski definition) is 1. The van der Waals surface area contributed by atoms with E-state index in [4.69, 9.17) is 9.52 Å². The van der Waals surface area contributed by atoms with Gasteiger partial charge in [0.15, 0.2) is 5.82 Å². The summed E-state index contributed by atoms with van der Waals surface area (Å²) in [7, 11) is 0. The third-order valence-corrected chi connectivity index (χ3v) is 8.27. The maximum absolute atomic E-state index is 13.7. The Morgan fingerprint density at radius 1 is 1.02 bits per heavy atom. The van der Waals surface area contributed by atoms with Crippen molar-refractivity contribution in [1.82, 2.24) is 25.3 Å². The van der Waals surface area contributed by atoms with E-state index in [1.807, 2.05) is 58.9 Å². The first-order valence-corrected chi connectivity index (χ1v) is 14.6. The lowest BCUT2D eigenvalue weighted by Gasteiger charge is -2.36. The minimum absolute atomic E-state index is 0.0100. The number of hydrogen-bond acceptors (Lipinski definition) is 7. The first-order valence-electron chi connectivity index (χ1n) is 13.7. The zero-order valence-corrected chi connectivity index (χ0v) is 23.3. The van der Waals surface area contributed by atoms with E-state index >= 15 is 0 Å². The van der Waals surface area contributed by atoms with Crippen LogP contribution in [0.25, 0.3) is 17.1 Å². The van der Waals surface area contributed by atoms with Crippen LogP contribution in [-0.2, 0) is 6.42 Å². The van der Waals surface area contributed by atoms with Gasteiger partial charge < -0.3 is 9.73 Å². The summed E-state index contributed by atoms with van der Waals surface area (Å²) in [5, 5.41) is 18.6. The molecule has 3 aromatic heterocycles. The summed E-state index contributed by atoms with van der Waals surface area (Å²) in [5.74, 6) is 1.66. The van der Waals surface area contributed by atoms with Crippen molar-refractivity contribution in [3.63, 3.8) is 0 Å². The fourth-order valence-electron chi connectivity index (χ4n) is 5.36. The maximum atomic E-state index is 13.7. The fourth-order valence-corrected chi connectivity index (χ4v) is 6.02. The van der Waals surface area contributed by atoms with Crippen LogP contribution in [-0.4, -0.2) is 44.5 Å². The summed E-state index contributed by atoms with van der Waals surface area (Å²) in [6.45, 7) is 2.73. The molecule has 0 bridgehead atoms. The molecule has 1 amide bonds. The molecule has 204 valence electrons. The van der Waals surface area contributed by atoms with Crippen LogP contribution in [0.5, 0.6) is 0 Å². The van der Waals surface area contributed by atoms with Gasteiger partial charge in [-0.3, -0.25) is 9.69 Å². The van der Waals surface area contributed by atoms with Gasteiger partial charge in [0.1, 0.15) is 0 Å². The Morgan fingerprint density at radius 2 is 1.88 bits per heavy atom. The van der Waals surface area contributed by atoms with Crippen molar-refractivity contribution in [3.05, 3.63) is 101 Å². The average molecular weight is 553 g/mol. The summed E-state index contributed by atoms with van der Waals surface area (Å²) in [6, 6.07) is 24.7. The zero-order valence-electron chi connectivity index (χ0n) is 22.4. The quantitative estimate of drug-likeness (QED) is 0.238. The van der Waals surface area contributed by atoms with E-state index in [-0.39, 0.29) is 11.9 Å². The number of nitrogens with zero attached hydrogens (tertiary/aromatic N) is 5. The van der Waals surface area contributed by atoms with Crippen LogP contribution < -0.4 is 10.2 Å². The third kappa shape index (κ3) is 5.90. The number of benzene rings is 2. The predicted molar refractivity (Wildman–Crippen MR) is 157 cm³/mol. The van der Waals surface area contributed by atoms with E-state index in [9.17, 15) is 4.79 Å². The molecule has 1 saturated carbocycles. The van der Waals surface area contributed by atoms with Gasteiger partial charge in [-0.2, -0.15) is 0 Å². The number of aromatic nitrogens is 4. The van der Waals surface area contributed by atoms with Crippen LogP contribution in [0.3, 0.4) is 0 Å². The molecule has 6 rings (SSSR count). The Morgan fingerprint density at radius 3 is 2.62 bits per heavy atom. The van der Waals surface area contributed by atoms with Crippen LogP contribution in [0.2, 0.25) is 0 Å². The monoisotopic (exact) mass is 552 g/mol. The molecule has 3 heterocycles. The predicted octanol–water partition coefficient (Wildman–Crippen LogP) is 6.08. The van der Waals surface area contributed by atoms with Gasteiger partial charge in [0.05, 0.1) is 10.6 Å². The standard InChI is InChI=1S/C31H32N6O2S/c1-22-33-34-30(39-22)24-9-5-10-27(21-24)36-19-17-29(35-36)37(31(38)28-11-6-20-40-28)26-14-12-25(13-15-26)32-18-16-23-7-3-2-4-8-23/h2-11,17,19-21,25-26,32H,12-16,18H2,1H3. The Balaban J connectivity index is 1.17. The molecule has 0 spiro atoms. The van der Waals surface area contributed by atoms with E-state index in [2.05, 4.69) is 45.8 Å². The second-order valence-corrected chi connectivity index (χ2v) is 11.1. The minimum Gasteiger partial charge on any atom is -0.421 e. The Labute approximate surface area is 237 Å². The molecule has 1 aliphatic rings. The summed E-state index contributed by atoms with van der Waals surface area (Å²) in [4.78, 5) is 16.4. The summed E-state index contributed by atoms with van der Waals surface area (Å²) in [6.07, 6.45) is 6.84. The van der Waals surface area contributed by atoms with Crippen molar-refractivity contribution < 1.29 is 9.21 Å². The van der Waals surface area contributed by atoms with Gasteiger partial charge in [0.25, 0.3) is 5.91 Å². The average Bonchev–Trinajstić information content (AvgIpc) is 3.78. The molecule has 0 aliphatic heterocycles. The van der Waals surface area contributed by atoms with Crippen LogP contribution >= 0.6 is 11.3 Å². The van der Waals surface area contributed by atoms with E-state index in [1.165, 1.54) is 16.9 Å². The topological polar surface area (TPSA) is 89.1 Å². The largest absolute Gasteiger partial charge is 0.421 e. The number of amides is 1. The van der Waals surface area contributed by atoms with E-state index in [0.29, 0.717) is 23.6 Å². The van der Waals surface area contributed by atoms with Crippen molar-refractivity contribution in [2.75, 3.05) is 11.4 Å². The first kappa shape index (κ1) is 26.2. The summed E-state index contributed by atoms with van der Waals surface area (Å²) < 4.78 is 7.40. The number of anilines is 1. The molecule has 8 nitrogen and oxygen atoms in total. The van der Waals surface area contributed by atoms with Crippen molar-refractivity contribution in [1.29, 1.82) is 0 Å². The fraction of sp³-hybridized carbons (Fsp3) is 0.290. The number of thiophene rings is 1. The van der Waals surface area contributed by atoms with Crippen LogP contribution in [0.4, 0.5) is 5.82 Å².